The Labute approximate surface area is 196 Å². The molecular formula is C25H21ClN6O. The van der Waals surface area contributed by atoms with Crippen molar-refractivity contribution in [1.29, 1.82) is 0 Å². The molecule has 0 aliphatic rings. The number of fused-ring (bicyclic) bond motifs is 1. The van der Waals surface area contributed by atoms with Gasteiger partial charge in [-0.25, -0.2) is 14.6 Å². The van der Waals surface area contributed by atoms with E-state index in [1.54, 1.807) is 19.2 Å². The predicted molar refractivity (Wildman–Crippen MR) is 132 cm³/mol. The van der Waals surface area contributed by atoms with Crippen LogP contribution in [0.4, 0.5) is 23.1 Å². The molecular weight excluding hydrogens is 436 g/mol. The molecule has 0 spiro atoms. The summed E-state index contributed by atoms with van der Waals surface area (Å²) in [5.74, 6) is 2.51. The van der Waals surface area contributed by atoms with Gasteiger partial charge in [-0.3, -0.25) is 0 Å². The highest BCUT2D eigenvalue weighted by molar-refractivity contribution is 6.32. The molecule has 0 radical (unpaired) electrons. The topological polar surface area (TPSA) is 76.9 Å². The number of halogens is 1. The molecule has 5 aromatic rings. The number of aromatic nitrogens is 4. The predicted octanol–water partition coefficient (Wildman–Crippen LogP) is 6.27. The third kappa shape index (κ3) is 4.31. The minimum Gasteiger partial charge on any atom is -0.495 e. The van der Waals surface area contributed by atoms with E-state index in [4.69, 9.17) is 26.3 Å². The Morgan fingerprint density at radius 1 is 0.818 bits per heavy atom. The second-order valence-electron chi connectivity index (χ2n) is 7.43. The zero-order valence-electron chi connectivity index (χ0n) is 18.1. The molecule has 2 heterocycles. The van der Waals surface area contributed by atoms with Crippen LogP contribution in [-0.4, -0.2) is 26.9 Å². The molecule has 33 heavy (non-hydrogen) atoms. The number of rotatable bonds is 6. The first kappa shape index (κ1) is 20.8. The van der Waals surface area contributed by atoms with Gasteiger partial charge in [-0.2, -0.15) is 5.10 Å². The third-order valence-corrected chi connectivity index (χ3v) is 5.36. The fraction of sp³-hybridized carbons (Fsp3) is 0.0800. The summed E-state index contributed by atoms with van der Waals surface area (Å²) in [4.78, 5) is 9.64. The highest BCUT2D eigenvalue weighted by Gasteiger charge is 2.14. The summed E-state index contributed by atoms with van der Waals surface area (Å²) in [6, 6.07) is 25.1. The molecule has 0 aliphatic carbocycles. The van der Waals surface area contributed by atoms with Crippen molar-refractivity contribution >= 4 is 45.8 Å². The normalized spacial score (nSPS) is 10.9. The lowest BCUT2D eigenvalue weighted by Gasteiger charge is -2.15. The van der Waals surface area contributed by atoms with E-state index in [2.05, 4.69) is 15.7 Å². The molecule has 0 aliphatic heterocycles. The van der Waals surface area contributed by atoms with Gasteiger partial charge in [0, 0.05) is 11.8 Å². The first-order valence-electron chi connectivity index (χ1n) is 10.4. The van der Waals surface area contributed by atoms with Crippen LogP contribution in [-0.2, 0) is 0 Å². The van der Waals surface area contributed by atoms with E-state index in [0.29, 0.717) is 22.4 Å². The number of nitrogens with one attached hydrogen (secondary N) is 2. The van der Waals surface area contributed by atoms with Gasteiger partial charge in [-0.15, -0.1) is 0 Å². The van der Waals surface area contributed by atoms with Crippen molar-refractivity contribution in [3.05, 3.63) is 89.6 Å². The lowest BCUT2D eigenvalue weighted by molar-refractivity contribution is 0.415. The van der Waals surface area contributed by atoms with E-state index in [-0.39, 0.29) is 0 Å². The zero-order chi connectivity index (χ0) is 22.8. The van der Waals surface area contributed by atoms with Crippen LogP contribution in [0.5, 0.6) is 5.75 Å². The van der Waals surface area contributed by atoms with Gasteiger partial charge in [0.1, 0.15) is 11.6 Å². The van der Waals surface area contributed by atoms with Crippen LogP contribution in [0.3, 0.4) is 0 Å². The van der Waals surface area contributed by atoms with Crippen molar-refractivity contribution in [2.75, 3.05) is 17.7 Å². The first-order valence-corrected chi connectivity index (χ1v) is 10.7. The molecule has 0 saturated heterocycles. The van der Waals surface area contributed by atoms with Crippen molar-refractivity contribution in [2.45, 2.75) is 6.92 Å². The number of methoxy groups -OCH3 is 1. The minimum atomic E-state index is 0.503. The van der Waals surface area contributed by atoms with Crippen LogP contribution >= 0.6 is 11.6 Å². The average Bonchev–Trinajstić information content (AvgIpc) is 3.20. The molecule has 0 amide bonds. The zero-order valence-corrected chi connectivity index (χ0v) is 18.8. The van der Waals surface area contributed by atoms with Crippen LogP contribution in [0.1, 0.15) is 5.69 Å². The van der Waals surface area contributed by atoms with E-state index in [9.17, 15) is 0 Å². The molecule has 2 N–H and O–H groups in total. The van der Waals surface area contributed by atoms with E-state index < -0.39 is 0 Å². The molecule has 7 nitrogen and oxygen atoms in total. The van der Waals surface area contributed by atoms with Crippen molar-refractivity contribution in [3.8, 4) is 11.4 Å². The van der Waals surface area contributed by atoms with E-state index >= 15 is 0 Å². The summed E-state index contributed by atoms with van der Waals surface area (Å²) >= 11 is 6.32. The van der Waals surface area contributed by atoms with Gasteiger partial charge in [0.2, 0.25) is 0 Å². The number of hydrogen-bond donors (Lipinski definition) is 2. The number of nitrogens with zero attached hydrogens (tertiary/aromatic N) is 4. The van der Waals surface area contributed by atoms with Gasteiger partial charge in [-0.1, -0.05) is 41.9 Å². The van der Waals surface area contributed by atoms with E-state index in [1.807, 2.05) is 78.3 Å². The first-order chi connectivity index (χ1) is 16.1. The Kier molecular flexibility index (Phi) is 5.54. The maximum Gasteiger partial charge on any atom is 0.175 e. The lowest BCUT2D eigenvalue weighted by Crippen LogP contribution is -2.07. The van der Waals surface area contributed by atoms with E-state index in [1.165, 1.54) is 0 Å². The average molecular weight is 457 g/mol. The molecule has 3 aromatic carbocycles. The Morgan fingerprint density at radius 3 is 2.15 bits per heavy atom. The molecule has 0 atom stereocenters. The number of para-hydroxylation sites is 3. The maximum atomic E-state index is 6.32. The Hall–Kier alpha value is -4.10. The fourth-order valence-electron chi connectivity index (χ4n) is 3.53. The highest BCUT2D eigenvalue weighted by Crippen LogP contribution is 2.32. The quantitative estimate of drug-likeness (QED) is 0.313. The minimum absolute atomic E-state index is 0.503. The lowest BCUT2D eigenvalue weighted by atomic mass is 10.3. The van der Waals surface area contributed by atoms with Gasteiger partial charge < -0.3 is 15.4 Å². The molecule has 2 aromatic heterocycles. The van der Waals surface area contributed by atoms with Crippen LogP contribution in [0.2, 0.25) is 5.02 Å². The fourth-order valence-corrected chi connectivity index (χ4v) is 3.79. The van der Waals surface area contributed by atoms with Crippen molar-refractivity contribution < 1.29 is 4.74 Å². The monoisotopic (exact) mass is 456 g/mol. The Morgan fingerprint density at radius 2 is 1.48 bits per heavy atom. The largest absolute Gasteiger partial charge is 0.495 e. The Balaban J connectivity index is 1.58. The van der Waals surface area contributed by atoms with Crippen molar-refractivity contribution in [2.24, 2.45) is 0 Å². The number of aryl methyl sites for hydroxylation is 1. The number of benzene rings is 3. The number of anilines is 4. The third-order valence-electron chi connectivity index (χ3n) is 5.06. The second-order valence-corrected chi connectivity index (χ2v) is 7.83. The molecule has 8 heteroatoms. The summed E-state index contributed by atoms with van der Waals surface area (Å²) in [6.45, 7) is 1.95. The summed E-state index contributed by atoms with van der Waals surface area (Å²) in [6.07, 6.45) is 0. The SMILES string of the molecule is COc1ccc(Nc2nc3ccccc3nc2Nc2cc(C)nn2-c2ccccc2)cc1Cl. The molecule has 0 bridgehead atoms. The van der Waals surface area contributed by atoms with Crippen molar-refractivity contribution in [1.82, 2.24) is 19.7 Å². The van der Waals surface area contributed by atoms with Gasteiger partial charge in [0.25, 0.3) is 0 Å². The van der Waals surface area contributed by atoms with Crippen LogP contribution in [0.15, 0.2) is 78.9 Å². The van der Waals surface area contributed by atoms with Crippen molar-refractivity contribution in [3.63, 3.8) is 0 Å². The van der Waals surface area contributed by atoms with Gasteiger partial charge in [-0.05, 0) is 49.4 Å². The number of hydrogen-bond acceptors (Lipinski definition) is 6. The van der Waals surface area contributed by atoms with Gasteiger partial charge in [0.15, 0.2) is 11.6 Å². The molecule has 164 valence electrons. The smallest absolute Gasteiger partial charge is 0.175 e. The highest BCUT2D eigenvalue weighted by atomic mass is 35.5. The summed E-state index contributed by atoms with van der Waals surface area (Å²) in [5, 5.41) is 11.9. The number of ether oxygens (including phenoxy) is 1. The summed E-state index contributed by atoms with van der Waals surface area (Å²) in [5.41, 5.74) is 4.14. The summed E-state index contributed by atoms with van der Waals surface area (Å²) in [7, 11) is 1.59. The van der Waals surface area contributed by atoms with Crippen LogP contribution in [0, 0.1) is 6.92 Å². The summed E-state index contributed by atoms with van der Waals surface area (Å²) < 4.78 is 7.11. The van der Waals surface area contributed by atoms with Gasteiger partial charge >= 0.3 is 0 Å². The Bertz CT molecular complexity index is 1430. The van der Waals surface area contributed by atoms with Crippen LogP contribution in [0.25, 0.3) is 16.7 Å². The molecule has 5 rings (SSSR count). The maximum absolute atomic E-state index is 6.32. The van der Waals surface area contributed by atoms with Crippen LogP contribution < -0.4 is 15.4 Å². The van der Waals surface area contributed by atoms with Gasteiger partial charge in [0.05, 0.1) is 34.5 Å². The standard InChI is InChI=1S/C25H21ClN6O/c1-16-14-23(32(31-16)18-8-4-3-5-9-18)30-25-24(28-20-10-6-7-11-21(20)29-25)27-17-12-13-22(33-2)19(26)15-17/h3-15H,1-2H3,(H,27,28)(H,29,30). The second kappa shape index (κ2) is 8.80. The molecule has 0 unspecified atom stereocenters. The van der Waals surface area contributed by atoms with E-state index in [0.717, 1.165) is 33.9 Å². The molecule has 0 saturated carbocycles. The molecule has 0 fully saturated rings.